The monoisotopic (exact) mass is 216 g/mol. The molecular weight excluding hydrogens is 207 g/mol. The number of hydrogen-bond donors (Lipinski definition) is 1. The lowest BCUT2D eigenvalue weighted by molar-refractivity contribution is -0.150. The van der Waals surface area contributed by atoms with Crippen LogP contribution in [0.3, 0.4) is 0 Å². The maximum atomic E-state index is 13.7. The van der Waals surface area contributed by atoms with Crippen molar-refractivity contribution < 1.29 is 14.3 Å². The second kappa shape index (κ2) is 3.58. The van der Waals surface area contributed by atoms with Gasteiger partial charge in [-0.2, -0.15) is 0 Å². The Morgan fingerprint density at radius 2 is 2.14 bits per heavy atom. The van der Waals surface area contributed by atoms with Gasteiger partial charge in [-0.05, 0) is 31.5 Å². The Balaban J connectivity index is 3.26. The van der Waals surface area contributed by atoms with E-state index < -0.39 is 11.6 Å². The summed E-state index contributed by atoms with van der Waals surface area (Å²) in [4.78, 5) is 10.7. The van der Waals surface area contributed by atoms with Crippen LogP contribution in [0, 0.1) is 6.92 Å². The number of alkyl halides is 1. The minimum Gasteiger partial charge on any atom is -0.479 e. The van der Waals surface area contributed by atoms with Crippen LogP contribution >= 0.6 is 11.6 Å². The van der Waals surface area contributed by atoms with E-state index in [1.807, 2.05) is 0 Å². The maximum absolute atomic E-state index is 13.7. The molecule has 0 radical (unpaired) electrons. The third kappa shape index (κ3) is 1.87. The summed E-state index contributed by atoms with van der Waals surface area (Å²) in [5.41, 5.74) is -1.70. The molecular formula is C10H10ClFO2. The Kier molecular flexibility index (Phi) is 2.81. The molecule has 2 nitrogen and oxygen atoms in total. The molecule has 0 bridgehead atoms. The minimum absolute atomic E-state index is 0.134. The molecule has 1 rings (SSSR count). The SMILES string of the molecule is Cc1cc(Cl)ccc1C(C)(F)C(=O)O. The fourth-order valence-electron chi connectivity index (χ4n) is 1.27. The first-order valence-corrected chi connectivity index (χ1v) is 4.42. The molecule has 14 heavy (non-hydrogen) atoms. The fourth-order valence-corrected chi connectivity index (χ4v) is 1.50. The van der Waals surface area contributed by atoms with E-state index in [1.165, 1.54) is 18.2 Å². The van der Waals surface area contributed by atoms with Crippen molar-refractivity contribution in [2.75, 3.05) is 0 Å². The van der Waals surface area contributed by atoms with Gasteiger partial charge in [0.15, 0.2) is 0 Å². The van der Waals surface area contributed by atoms with Gasteiger partial charge in [0.2, 0.25) is 5.67 Å². The molecule has 0 aliphatic heterocycles. The summed E-state index contributed by atoms with van der Waals surface area (Å²) in [6.45, 7) is 2.65. The number of carbonyl (C=O) groups is 1. The summed E-state index contributed by atoms with van der Waals surface area (Å²) in [5, 5.41) is 9.15. The van der Waals surface area contributed by atoms with Gasteiger partial charge in [0, 0.05) is 10.6 Å². The number of carboxylic acids is 1. The number of hydrogen-bond acceptors (Lipinski definition) is 1. The van der Waals surface area contributed by atoms with Crippen LogP contribution in [0.2, 0.25) is 5.02 Å². The van der Waals surface area contributed by atoms with Crippen molar-refractivity contribution in [3.05, 3.63) is 34.3 Å². The highest BCUT2D eigenvalue weighted by Crippen LogP contribution is 2.30. The van der Waals surface area contributed by atoms with E-state index in [4.69, 9.17) is 16.7 Å². The summed E-state index contributed by atoms with van der Waals surface area (Å²) in [5.74, 6) is -1.50. The lowest BCUT2D eigenvalue weighted by atomic mass is 9.94. The summed E-state index contributed by atoms with van der Waals surface area (Å²) < 4.78 is 13.7. The summed E-state index contributed by atoms with van der Waals surface area (Å²) in [6.07, 6.45) is 0. The second-order valence-corrected chi connectivity index (χ2v) is 3.70. The molecule has 0 aliphatic carbocycles. The average molecular weight is 217 g/mol. The van der Waals surface area contributed by atoms with Gasteiger partial charge >= 0.3 is 5.97 Å². The summed E-state index contributed by atoms with van der Waals surface area (Å²) >= 11 is 5.68. The third-order valence-electron chi connectivity index (χ3n) is 2.10. The van der Waals surface area contributed by atoms with Gasteiger partial charge in [-0.3, -0.25) is 0 Å². The number of halogens is 2. The van der Waals surface area contributed by atoms with Crippen molar-refractivity contribution in [2.45, 2.75) is 19.5 Å². The molecule has 0 amide bonds. The van der Waals surface area contributed by atoms with Crippen molar-refractivity contribution in [3.63, 3.8) is 0 Å². The number of benzene rings is 1. The molecule has 0 aliphatic rings. The highest BCUT2D eigenvalue weighted by Gasteiger charge is 2.36. The second-order valence-electron chi connectivity index (χ2n) is 3.27. The Labute approximate surface area is 86.3 Å². The van der Waals surface area contributed by atoms with E-state index in [1.54, 1.807) is 6.92 Å². The quantitative estimate of drug-likeness (QED) is 0.826. The number of aryl methyl sites for hydroxylation is 1. The Bertz CT molecular complexity index is 374. The number of rotatable bonds is 2. The molecule has 1 aromatic rings. The van der Waals surface area contributed by atoms with Crippen molar-refractivity contribution >= 4 is 17.6 Å². The number of aliphatic carboxylic acids is 1. The first kappa shape index (κ1) is 11.0. The standard InChI is InChI=1S/C10H10ClFO2/c1-6-5-7(11)3-4-8(6)10(2,12)9(13)14/h3-5H,1-2H3,(H,13,14). The minimum atomic E-state index is -2.37. The molecule has 76 valence electrons. The largest absolute Gasteiger partial charge is 0.479 e. The van der Waals surface area contributed by atoms with Crippen molar-refractivity contribution in [1.82, 2.24) is 0 Å². The van der Waals surface area contributed by atoms with Gasteiger partial charge in [0.05, 0.1) is 0 Å². The van der Waals surface area contributed by atoms with Gasteiger partial charge in [0.1, 0.15) is 0 Å². The van der Waals surface area contributed by atoms with Crippen LogP contribution in [-0.4, -0.2) is 11.1 Å². The van der Waals surface area contributed by atoms with E-state index in [9.17, 15) is 9.18 Å². The molecule has 1 N–H and O–H groups in total. The molecule has 1 unspecified atom stereocenters. The van der Waals surface area contributed by atoms with Crippen molar-refractivity contribution in [2.24, 2.45) is 0 Å². The first-order valence-electron chi connectivity index (χ1n) is 4.04. The molecule has 0 spiro atoms. The van der Waals surface area contributed by atoms with E-state index in [-0.39, 0.29) is 5.56 Å². The lowest BCUT2D eigenvalue weighted by Gasteiger charge is -2.17. The molecule has 0 aromatic heterocycles. The van der Waals surface area contributed by atoms with E-state index in [0.29, 0.717) is 10.6 Å². The summed E-state index contributed by atoms with van der Waals surface area (Å²) in [7, 11) is 0. The van der Waals surface area contributed by atoms with Crippen LogP contribution in [0.25, 0.3) is 0 Å². The fraction of sp³-hybridized carbons (Fsp3) is 0.300. The highest BCUT2D eigenvalue weighted by atomic mass is 35.5. The van der Waals surface area contributed by atoms with Crippen LogP contribution < -0.4 is 0 Å². The zero-order valence-corrected chi connectivity index (χ0v) is 8.60. The Morgan fingerprint density at radius 1 is 1.57 bits per heavy atom. The normalized spacial score (nSPS) is 14.9. The molecule has 0 heterocycles. The Hall–Kier alpha value is -1.09. The van der Waals surface area contributed by atoms with Gasteiger partial charge < -0.3 is 5.11 Å². The third-order valence-corrected chi connectivity index (χ3v) is 2.33. The van der Waals surface area contributed by atoms with Crippen molar-refractivity contribution in [1.29, 1.82) is 0 Å². The predicted octanol–water partition coefficient (Wildman–Crippen LogP) is 2.92. The van der Waals surface area contributed by atoms with Crippen LogP contribution in [0.5, 0.6) is 0 Å². The van der Waals surface area contributed by atoms with Gasteiger partial charge in [0.25, 0.3) is 0 Å². The maximum Gasteiger partial charge on any atom is 0.345 e. The van der Waals surface area contributed by atoms with Gasteiger partial charge in [-0.15, -0.1) is 0 Å². The molecule has 0 saturated carbocycles. The van der Waals surface area contributed by atoms with E-state index >= 15 is 0 Å². The first-order chi connectivity index (χ1) is 6.35. The topological polar surface area (TPSA) is 37.3 Å². The van der Waals surface area contributed by atoms with Crippen LogP contribution in [0.4, 0.5) is 4.39 Å². The zero-order valence-electron chi connectivity index (χ0n) is 7.84. The van der Waals surface area contributed by atoms with E-state index in [0.717, 1.165) is 6.92 Å². The van der Waals surface area contributed by atoms with Crippen LogP contribution in [0.15, 0.2) is 18.2 Å². The summed E-state index contributed by atoms with van der Waals surface area (Å²) in [6, 6.07) is 4.41. The predicted molar refractivity (Wildman–Crippen MR) is 52.3 cm³/mol. The zero-order chi connectivity index (χ0) is 10.9. The molecule has 4 heteroatoms. The van der Waals surface area contributed by atoms with Crippen LogP contribution in [-0.2, 0) is 10.5 Å². The molecule has 0 saturated heterocycles. The molecule has 1 atom stereocenters. The average Bonchev–Trinajstić information content (AvgIpc) is 2.02. The molecule has 1 aromatic carbocycles. The van der Waals surface area contributed by atoms with E-state index in [2.05, 4.69) is 0 Å². The highest BCUT2D eigenvalue weighted by molar-refractivity contribution is 6.30. The van der Waals surface area contributed by atoms with Crippen molar-refractivity contribution in [3.8, 4) is 0 Å². The Morgan fingerprint density at radius 3 is 2.57 bits per heavy atom. The van der Waals surface area contributed by atoms with Gasteiger partial charge in [-0.25, -0.2) is 9.18 Å². The molecule has 0 fully saturated rings. The van der Waals surface area contributed by atoms with Crippen LogP contribution in [0.1, 0.15) is 18.1 Å². The smallest absolute Gasteiger partial charge is 0.345 e. The lowest BCUT2D eigenvalue weighted by Crippen LogP contribution is -2.27. The van der Waals surface area contributed by atoms with Gasteiger partial charge in [-0.1, -0.05) is 17.7 Å². The number of carboxylic acid groups (broad SMARTS) is 1.